The molecule has 3 aromatic heterocycles. The Balaban J connectivity index is 2.06. The van der Waals surface area contributed by atoms with Gasteiger partial charge in [0.05, 0.1) is 17.8 Å². The van der Waals surface area contributed by atoms with E-state index in [1.165, 1.54) is 23.6 Å². The quantitative estimate of drug-likeness (QED) is 0.363. The van der Waals surface area contributed by atoms with Gasteiger partial charge in [0.15, 0.2) is 0 Å². The summed E-state index contributed by atoms with van der Waals surface area (Å²) in [5.74, 6) is -0.547. The number of urea groups is 1. The monoisotopic (exact) mass is 499 g/mol. The number of aromatic nitrogens is 3. The number of rotatable bonds is 9. The average molecular weight is 500 g/mol. The minimum atomic E-state index is -1.12. The topological polar surface area (TPSA) is 136 Å². The number of anilines is 1. The number of carbonyl (C=O) groups is 2. The van der Waals surface area contributed by atoms with Crippen LogP contribution in [-0.4, -0.2) is 57.4 Å². The molecule has 0 saturated carbocycles. The molecule has 11 heteroatoms. The smallest absolute Gasteiger partial charge is 0.337 e. The van der Waals surface area contributed by atoms with Crippen molar-refractivity contribution >= 4 is 29.2 Å². The summed E-state index contributed by atoms with van der Waals surface area (Å²) in [7, 11) is 0. The number of aromatic carboxylic acids is 1. The van der Waals surface area contributed by atoms with Crippen molar-refractivity contribution in [3.63, 3.8) is 0 Å². The van der Waals surface area contributed by atoms with Gasteiger partial charge in [-0.3, -0.25) is 5.32 Å². The van der Waals surface area contributed by atoms with Gasteiger partial charge in [0.2, 0.25) is 5.88 Å². The maximum atomic E-state index is 12.0. The Morgan fingerprint density at radius 1 is 1.09 bits per heavy atom. The molecule has 2 amide bonds. The summed E-state index contributed by atoms with van der Waals surface area (Å²) in [5.41, 5.74) is 2.19. The maximum absolute atomic E-state index is 12.0. The van der Waals surface area contributed by atoms with Crippen molar-refractivity contribution in [3.8, 4) is 27.6 Å². The van der Waals surface area contributed by atoms with Gasteiger partial charge in [0, 0.05) is 46.7 Å². The van der Waals surface area contributed by atoms with Crippen molar-refractivity contribution < 1.29 is 24.2 Å². The van der Waals surface area contributed by atoms with Crippen LogP contribution < -0.4 is 15.4 Å². The number of nitrogens with zero attached hydrogens (tertiary/aromatic N) is 3. The van der Waals surface area contributed by atoms with Crippen molar-refractivity contribution in [3.05, 3.63) is 41.2 Å². The van der Waals surface area contributed by atoms with Gasteiger partial charge in [-0.2, -0.15) is 0 Å². The SMILES string of the molecule is CCNC(=O)Nc1cc(-c2nc(C)cs2)c(-c2cc(C(=O)O)cnc2OCCOC(C)(C)C)cn1. The molecule has 0 aromatic carbocycles. The number of amides is 2. The van der Waals surface area contributed by atoms with E-state index in [0.29, 0.717) is 40.7 Å². The lowest BCUT2D eigenvalue weighted by Gasteiger charge is -2.20. The van der Waals surface area contributed by atoms with Crippen LogP contribution in [0.1, 0.15) is 43.7 Å². The lowest BCUT2D eigenvalue weighted by atomic mass is 10.0. The van der Waals surface area contributed by atoms with Gasteiger partial charge >= 0.3 is 12.0 Å². The molecule has 0 aliphatic rings. The molecule has 0 radical (unpaired) electrons. The van der Waals surface area contributed by atoms with Crippen molar-refractivity contribution in [2.75, 3.05) is 25.1 Å². The molecule has 3 N–H and O–H groups in total. The zero-order valence-corrected chi connectivity index (χ0v) is 21.2. The van der Waals surface area contributed by atoms with E-state index in [2.05, 4.69) is 25.6 Å². The third kappa shape index (κ3) is 7.20. The second-order valence-electron chi connectivity index (χ2n) is 8.58. The summed E-state index contributed by atoms with van der Waals surface area (Å²) in [5, 5.41) is 17.5. The number of thiazole rings is 1. The first-order valence-electron chi connectivity index (χ1n) is 11.0. The highest BCUT2D eigenvalue weighted by Crippen LogP contribution is 2.38. The number of carbonyl (C=O) groups excluding carboxylic acids is 1. The predicted molar refractivity (Wildman–Crippen MR) is 134 cm³/mol. The van der Waals surface area contributed by atoms with E-state index in [0.717, 1.165) is 5.69 Å². The summed E-state index contributed by atoms with van der Waals surface area (Å²) in [4.78, 5) is 36.9. The number of pyridine rings is 2. The van der Waals surface area contributed by atoms with Crippen molar-refractivity contribution in [1.82, 2.24) is 20.3 Å². The lowest BCUT2D eigenvalue weighted by molar-refractivity contribution is -0.0167. The van der Waals surface area contributed by atoms with E-state index >= 15 is 0 Å². The molecule has 0 aliphatic carbocycles. The van der Waals surface area contributed by atoms with Gasteiger partial charge in [-0.25, -0.2) is 24.5 Å². The van der Waals surface area contributed by atoms with Crippen molar-refractivity contribution in [2.45, 2.75) is 40.2 Å². The highest BCUT2D eigenvalue weighted by molar-refractivity contribution is 7.13. The summed E-state index contributed by atoms with van der Waals surface area (Å²) in [6.45, 7) is 10.6. The first-order chi connectivity index (χ1) is 16.6. The molecule has 0 saturated heterocycles. The van der Waals surface area contributed by atoms with Gasteiger partial charge < -0.3 is 19.9 Å². The zero-order chi connectivity index (χ0) is 25.6. The molecular weight excluding hydrogens is 470 g/mol. The summed E-state index contributed by atoms with van der Waals surface area (Å²) >= 11 is 1.43. The Labute approximate surface area is 207 Å². The Kier molecular flexibility index (Phi) is 8.36. The Bertz CT molecular complexity index is 1210. The molecule has 10 nitrogen and oxygen atoms in total. The summed E-state index contributed by atoms with van der Waals surface area (Å²) in [6.07, 6.45) is 2.80. The van der Waals surface area contributed by atoms with Crippen molar-refractivity contribution in [1.29, 1.82) is 0 Å². The van der Waals surface area contributed by atoms with Crippen LogP contribution in [0.2, 0.25) is 0 Å². The van der Waals surface area contributed by atoms with Crippen molar-refractivity contribution in [2.24, 2.45) is 0 Å². The molecule has 3 rings (SSSR count). The fourth-order valence-corrected chi connectivity index (χ4v) is 3.90. The van der Waals surface area contributed by atoms with Crippen LogP contribution in [0.4, 0.5) is 10.6 Å². The number of ether oxygens (including phenoxy) is 2. The molecule has 35 heavy (non-hydrogen) atoms. The molecule has 0 spiro atoms. The number of hydrogen-bond acceptors (Lipinski definition) is 8. The summed E-state index contributed by atoms with van der Waals surface area (Å²) < 4.78 is 11.6. The lowest BCUT2D eigenvalue weighted by Crippen LogP contribution is -2.28. The highest BCUT2D eigenvalue weighted by atomic mass is 32.1. The number of carboxylic acids is 1. The fourth-order valence-electron chi connectivity index (χ4n) is 3.08. The van der Waals surface area contributed by atoms with Gasteiger partial charge in [0.25, 0.3) is 0 Å². The zero-order valence-electron chi connectivity index (χ0n) is 20.3. The number of nitrogens with one attached hydrogen (secondary N) is 2. The predicted octanol–water partition coefficient (Wildman–Crippen LogP) is 4.61. The second-order valence-corrected chi connectivity index (χ2v) is 9.44. The second kappa shape index (κ2) is 11.2. The van der Waals surface area contributed by atoms with Crippen LogP contribution in [0.3, 0.4) is 0 Å². The van der Waals surface area contributed by atoms with Crippen LogP contribution in [0.15, 0.2) is 29.9 Å². The Hall–Kier alpha value is -3.57. The van der Waals surface area contributed by atoms with Crippen LogP contribution in [0.5, 0.6) is 5.88 Å². The normalized spacial score (nSPS) is 11.2. The van der Waals surface area contributed by atoms with Gasteiger partial charge in [-0.1, -0.05) is 0 Å². The number of aryl methyl sites for hydroxylation is 1. The number of carboxylic acid groups (broad SMARTS) is 1. The molecule has 3 heterocycles. The van der Waals surface area contributed by atoms with Gasteiger partial charge in [-0.05, 0) is 46.8 Å². The standard InChI is InChI=1S/C24H29N5O5S/c1-6-25-23(32)29-19-10-17(21-28-14(2)13-35-21)18(12-26-19)16-9-15(22(30)31)11-27-20(16)33-7-8-34-24(3,4)5/h9-13H,6-8H2,1-5H3,(H,30,31)(H2,25,26,29,32). The molecule has 0 unspecified atom stereocenters. The molecule has 0 aliphatic heterocycles. The maximum Gasteiger partial charge on any atom is 0.337 e. The van der Waals surface area contributed by atoms with E-state index in [1.54, 1.807) is 12.3 Å². The minimum Gasteiger partial charge on any atom is -0.478 e. The largest absolute Gasteiger partial charge is 0.478 e. The molecule has 186 valence electrons. The molecular formula is C24H29N5O5S. The fraction of sp³-hybridized carbons (Fsp3) is 0.375. The molecule has 0 bridgehead atoms. The van der Waals surface area contributed by atoms with Crippen LogP contribution in [0, 0.1) is 6.92 Å². The summed E-state index contributed by atoms with van der Waals surface area (Å²) in [6, 6.07) is 2.81. The third-order valence-corrected chi connectivity index (χ3v) is 5.57. The molecule has 0 fully saturated rings. The Morgan fingerprint density at radius 2 is 1.86 bits per heavy atom. The van der Waals surface area contributed by atoms with Gasteiger partial charge in [0.1, 0.15) is 17.4 Å². The third-order valence-electron chi connectivity index (χ3n) is 4.58. The number of hydrogen-bond donors (Lipinski definition) is 3. The Morgan fingerprint density at radius 3 is 2.49 bits per heavy atom. The van der Waals surface area contributed by atoms with Crippen LogP contribution >= 0.6 is 11.3 Å². The average Bonchev–Trinajstić information content (AvgIpc) is 3.22. The molecule has 0 atom stereocenters. The van der Waals surface area contributed by atoms with E-state index in [9.17, 15) is 14.7 Å². The van der Waals surface area contributed by atoms with E-state index in [1.807, 2.05) is 40.0 Å². The first-order valence-corrected chi connectivity index (χ1v) is 11.9. The molecule has 3 aromatic rings. The van der Waals surface area contributed by atoms with Gasteiger partial charge in [-0.15, -0.1) is 11.3 Å². The van der Waals surface area contributed by atoms with E-state index in [-0.39, 0.29) is 29.7 Å². The van der Waals surface area contributed by atoms with Crippen LogP contribution in [0.25, 0.3) is 21.7 Å². The first kappa shape index (κ1) is 26.0. The minimum absolute atomic E-state index is 0.00378. The van der Waals surface area contributed by atoms with Crippen LogP contribution in [-0.2, 0) is 4.74 Å². The van der Waals surface area contributed by atoms with E-state index < -0.39 is 5.97 Å². The van der Waals surface area contributed by atoms with E-state index in [4.69, 9.17) is 9.47 Å². The highest BCUT2D eigenvalue weighted by Gasteiger charge is 2.20.